The first-order chi connectivity index (χ1) is 10.4. The normalized spacial score (nSPS) is 11.6. The van der Waals surface area contributed by atoms with Crippen molar-refractivity contribution in [3.05, 3.63) is 41.5 Å². The highest BCUT2D eigenvalue weighted by Gasteiger charge is 2.29. The molecule has 0 saturated heterocycles. The first-order valence-electron chi connectivity index (χ1n) is 6.84. The topological polar surface area (TPSA) is 96.7 Å². The number of hydrogen-bond donors (Lipinski definition) is 2. The van der Waals surface area contributed by atoms with E-state index in [0.29, 0.717) is 5.56 Å². The molecule has 0 radical (unpaired) electrons. The fourth-order valence-electron chi connectivity index (χ4n) is 1.64. The first kappa shape index (κ1) is 17.4. The van der Waals surface area contributed by atoms with Crippen LogP contribution in [0.2, 0.25) is 0 Å². The molecule has 0 amide bonds. The van der Waals surface area contributed by atoms with Crippen LogP contribution >= 0.6 is 0 Å². The average molecular weight is 305 g/mol. The lowest BCUT2D eigenvalue weighted by molar-refractivity contribution is -0.143. The van der Waals surface area contributed by atoms with Gasteiger partial charge in [0.15, 0.2) is 5.71 Å². The van der Waals surface area contributed by atoms with Crippen LogP contribution in [0.15, 0.2) is 35.9 Å². The largest absolute Gasteiger partial charge is 0.506 e. The predicted octanol–water partition coefficient (Wildman–Crippen LogP) is 2.49. The lowest BCUT2D eigenvalue weighted by Crippen LogP contribution is -2.27. The minimum atomic E-state index is -0.999. The number of rotatable bonds is 6. The SMILES string of the molecule is CCOC(=O)C(=N)C(C(=O)OC(C)C)=C(O)c1ccccc1. The van der Waals surface area contributed by atoms with Crippen LogP contribution in [0.5, 0.6) is 0 Å². The second-order valence-corrected chi connectivity index (χ2v) is 4.64. The van der Waals surface area contributed by atoms with Gasteiger partial charge < -0.3 is 14.6 Å². The fourth-order valence-corrected chi connectivity index (χ4v) is 1.64. The van der Waals surface area contributed by atoms with Crippen LogP contribution < -0.4 is 0 Å². The molecule has 118 valence electrons. The quantitative estimate of drug-likeness (QED) is 0.364. The van der Waals surface area contributed by atoms with Crippen molar-refractivity contribution in [2.24, 2.45) is 0 Å². The molecular formula is C16H19NO5. The standard InChI is InChI=1S/C16H19NO5/c1-4-21-16(20)13(17)12(15(19)22-10(2)3)14(18)11-8-6-5-7-9-11/h5-10,17-18H,4H2,1-3H3. The Bertz CT molecular complexity index is 590. The zero-order valence-electron chi connectivity index (χ0n) is 12.8. The number of carbonyl (C=O) groups is 2. The van der Waals surface area contributed by atoms with E-state index in [1.54, 1.807) is 51.1 Å². The molecule has 0 saturated carbocycles. The van der Waals surface area contributed by atoms with Crippen molar-refractivity contribution < 1.29 is 24.2 Å². The van der Waals surface area contributed by atoms with Crippen molar-refractivity contribution in [3.63, 3.8) is 0 Å². The highest BCUT2D eigenvalue weighted by molar-refractivity contribution is 6.49. The maximum atomic E-state index is 12.1. The number of aliphatic hydroxyl groups excluding tert-OH is 1. The molecule has 0 heterocycles. The van der Waals surface area contributed by atoms with E-state index < -0.39 is 35.1 Å². The Kier molecular flexibility index (Phi) is 6.31. The smallest absolute Gasteiger partial charge is 0.357 e. The number of carbonyl (C=O) groups excluding carboxylic acids is 2. The molecule has 0 aromatic heterocycles. The van der Waals surface area contributed by atoms with Gasteiger partial charge in [-0.1, -0.05) is 30.3 Å². The van der Waals surface area contributed by atoms with E-state index in [-0.39, 0.29) is 6.61 Å². The van der Waals surface area contributed by atoms with Crippen LogP contribution in [-0.4, -0.2) is 35.5 Å². The Morgan fingerprint density at radius 2 is 1.77 bits per heavy atom. The summed E-state index contributed by atoms with van der Waals surface area (Å²) < 4.78 is 9.71. The monoisotopic (exact) mass is 305 g/mol. The minimum Gasteiger partial charge on any atom is -0.506 e. The maximum Gasteiger partial charge on any atom is 0.357 e. The molecule has 0 unspecified atom stereocenters. The van der Waals surface area contributed by atoms with E-state index in [0.717, 1.165) is 0 Å². The summed E-state index contributed by atoms with van der Waals surface area (Å²) in [6.45, 7) is 4.89. The zero-order valence-corrected chi connectivity index (χ0v) is 12.8. The molecule has 6 nitrogen and oxygen atoms in total. The molecule has 0 atom stereocenters. The van der Waals surface area contributed by atoms with E-state index >= 15 is 0 Å². The van der Waals surface area contributed by atoms with Gasteiger partial charge in [0.1, 0.15) is 11.3 Å². The lowest BCUT2D eigenvalue weighted by atomic mass is 10.0. The number of hydrogen-bond acceptors (Lipinski definition) is 6. The van der Waals surface area contributed by atoms with Gasteiger partial charge in [-0.25, -0.2) is 9.59 Å². The molecule has 6 heteroatoms. The second-order valence-electron chi connectivity index (χ2n) is 4.64. The van der Waals surface area contributed by atoms with Gasteiger partial charge >= 0.3 is 11.9 Å². The van der Waals surface area contributed by atoms with E-state index in [9.17, 15) is 14.7 Å². The summed E-state index contributed by atoms with van der Waals surface area (Å²) in [5, 5.41) is 18.1. The van der Waals surface area contributed by atoms with Gasteiger partial charge in [0.05, 0.1) is 12.7 Å². The van der Waals surface area contributed by atoms with Crippen LogP contribution in [0.25, 0.3) is 5.76 Å². The summed E-state index contributed by atoms with van der Waals surface area (Å²) in [6.07, 6.45) is -0.457. The highest BCUT2D eigenvalue weighted by Crippen LogP contribution is 2.19. The Hall–Kier alpha value is -2.63. The molecule has 0 aliphatic carbocycles. The van der Waals surface area contributed by atoms with Gasteiger partial charge in [-0.2, -0.15) is 0 Å². The number of esters is 2. The molecule has 1 aromatic carbocycles. The van der Waals surface area contributed by atoms with E-state index in [2.05, 4.69) is 0 Å². The van der Waals surface area contributed by atoms with Crippen molar-refractivity contribution in [2.75, 3.05) is 6.61 Å². The van der Waals surface area contributed by atoms with E-state index in [1.807, 2.05) is 0 Å². The van der Waals surface area contributed by atoms with Gasteiger partial charge in [0.2, 0.25) is 0 Å². The third kappa shape index (κ3) is 4.44. The third-order valence-electron chi connectivity index (χ3n) is 2.56. The number of benzene rings is 1. The molecule has 0 aliphatic rings. The lowest BCUT2D eigenvalue weighted by Gasteiger charge is -2.13. The van der Waals surface area contributed by atoms with Crippen LogP contribution in [0.1, 0.15) is 26.3 Å². The second kappa shape index (κ2) is 7.97. The molecule has 22 heavy (non-hydrogen) atoms. The Morgan fingerprint density at radius 1 is 1.18 bits per heavy atom. The van der Waals surface area contributed by atoms with Crippen LogP contribution in [0.4, 0.5) is 0 Å². The van der Waals surface area contributed by atoms with Crippen LogP contribution in [-0.2, 0) is 19.1 Å². The maximum absolute atomic E-state index is 12.1. The summed E-state index contributed by atoms with van der Waals surface area (Å²) in [7, 11) is 0. The van der Waals surface area contributed by atoms with E-state index in [4.69, 9.17) is 14.9 Å². The highest BCUT2D eigenvalue weighted by atomic mass is 16.5. The summed E-state index contributed by atoms with van der Waals surface area (Å²) in [5.41, 5.74) is -0.959. The van der Waals surface area contributed by atoms with Crippen molar-refractivity contribution in [1.29, 1.82) is 5.41 Å². The van der Waals surface area contributed by atoms with Crippen molar-refractivity contribution in [3.8, 4) is 0 Å². The molecule has 0 spiro atoms. The molecule has 0 aliphatic heterocycles. The summed E-state index contributed by atoms with van der Waals surface area (Å²) >= 11 is 0. The summed E-state index contributed by atoms with van der Waals surface area (Å²) in [6, 6.07) is 8.16. The molecule has 2 N–H and O–H groups in total. The number of aliphatic hydroxyl groups is 1. The number of nitrogens with one attached hydrogen (secondary N) is 1. The average Bonchev–Trinajstić information content (AvgIpc) is 2.47. The molecule has 1 rings (SSSR count). The summed E-state index contributed by atoms with van der Waals surface area (Å²) in [5.74, 6) is -2.45. The Balaban J connectivity index is 3.30. The van der Waals surface area contributed by atoms with Gasteiger partial charge in [-0.05, 0) is 20.8 Å². The number of ether oxygens (including phenoxy) is 2. The van der Waals surface area contributed by atoms with Gasteiger partial charge in [-0.3, -0.25) is 5.41 Å². The fraction of sp³-hybridized carbons (Fsp3) is 0.312. The van der Waals surface area contributed by atoms with Crippen molar-refractivity contribution in [1.82, 2.24) is 0 Å². The van der Waals surface area contributed by atoms with Crippen LogP contribution in [0, 0.1) is 5.41 Å². The minimum absolute atomic E-state index is 0.0554. The van der Waals surface area contributed by atoms with Gasteiger partial charge in [0.25, 0.3) is 0 Å². The molecular weight excluding hydrogens is 286 g/mol. The Labute approximate surface area is 128 Å². The Morgan fingerprint density at radius 3 is 2.27 bits per heavy atom. The van der Waals surface area contributed by atoms with Crippen LogP contribution in [0.3, 0.4) is 0 Å². The van der Waals surface area contributed by atoms with Crippen molar-refractivity contribution >= 4 is 23.4 Å². The van der Waals surface area contributed by atoms with Gasteiger partial charge in [-0.15, -0.1) is 0 Å². The first-order valence-corrected chi connectivity index (χ1v) is 6.84. The third-order valence-corrected chi connectivity index (χ3v) is 2.56. The molecule has 0 bridgehead atoms. The summed E-state index contributed by atoms with van der Waals surface area (Å²) in [4.78, 5) is 23.8. The molecule has 0 fully saturated rings. The van der Waals surface area contributed by atoms with Gasteiger partial charge in [0, 0.05) is 5.56 Å². The predicted molar refractivity (Wildman–Crippen MR) is 81.6 cm³/mol. The zero-order chi connectivity index (χ0) is 16.7. The van der Waals surface area contributed by atoms with Crippen molar-refractivity contribution in [2.45, 2.75) is 26.9 Å². The molecule has 1 aromatic rings. The van der Waals surface area contributed by atoms with E-state index in [1.165, 1.54) is 0 Å².